The molecule has 5 nitrogen and oxygen atoms in total. The van der Waals surface area contributed by atoms with Gasteiger partial charge in [-0.2, -0.15) is 4.99 Å². The second-order valence-corrected chi connectivity index (χ2v) is 2.47. The third-order valence-electron chi connectivity index (χ3n) is 1.62. The lowest BCUT2D eigenvalue weighted by atomic mass is 10.1. The molecular weight excluding hydrogens is 174 g/mol. The predicted octanol–water partition coefficient (Wildman–Crippen LogP) is 1.02. The number of nitrogens with zero attached hydrogens (tertiary/aromatic N) is 1. The summed E-state index contributed by atoms with van der Waals surface area (Å²) in [5, 5.41) is 0. The summed E-state index contributed by atoms with van der Waals surface area (Å²) < 4.78 is 8.78. The summed E-state index contributed by atoms with van der Waals surface area (Å²) in [4.78, 5) is 25.2. The van der Waals surface area contributed by atoms with E-state index >= 15 is 0 Å². The van der Waals surface area contributed by atoms with E-state index in [-0.39, 0.29) is 0 Å². The third kappa shape index (κ3) is 3.68. The molecule has 5 heteroatoms. The van der Waals surface area contributed by atoms with E-state index in [0.29, 0.717) is 5.71 Å². The van der Waals surface area contributed by atoms with Crippen molar-refractivity contribution >= 4 is 17.8 Å². The molecule has 13 heavy (non-hydrogen) atoms. The van der Waals surface area contributed by atoms with Gasteiger partial charge in [0.2, 0.25) is 0 Å². The van der Waals surface area contributed by atoms with Crippen LogP contribution < -0.4 is 0 Å². The van der Waals surface area contributed by atoms with Crippen LogP contribution in [-0.2, 0) is 14.3 Å². The Morgan fingerprint density at radius 3 is 2.15 bits per heavy atom. The van der Waals surface area contributed by atoms with Crippen molar-refractivity contribution in [2.45, 2.75) is 13.8 Å². The summed E-state index contributed by atoms with van der Waals surface area (Å²) in [6.07, 6.45) is -0.715. The summed E-state index contributed by atoms with van der Waals surface area (Å²) in [5.74, 6) is -0.950. The van der Waals surface area contributed by atoms with Crippen molar-refractivity contribution in [3.05, 3.63) is 0 Å². The lowest BCUT2D eigenvalue weighted by molar-refractivity contribution is -0.142. The van der Waals surface area contributed by atoms with E-state index in [0.717, 1.165) is 0 Å². The van der Waals surface area contributed by atoms with Crippen LogP contribution in [0, 0.1) is 5.92 Å². The maximum atomic E-state index is 11.0. The number of hydrogen-bond donors (Lipinski definition) is 0. The first-order chi connectivity index (χ1) is 6.02. The Morgan fingerprint density at radius 1 is 1.23 bits per heavy atom. The summed E-state index contributed by atoms with van der Waals surface area (Å²) in [7, 11) is 2.51. The minimum Gasteiger partial charge on any atom is -0.469 e. The van der Waals surface area contributed by atoms with Gasteiger partial charge < -0.3 is 9.47 Å². The molecule has 74 valence electrons. The van der Waals surface area contributed by atoms with Crippen LogP contribution in [0.4, 0.5) is 4.79 Å². The first-order valence-electron chi connectivity index (χ1n) is 3.73. The van der Waals surface area contributed by atoms with Crippen LogP contribution in [0.15, 0.2) is 4.99 Å². The van der Waals surface area contributed by atoms with E-state index in [4.69, 9.17) is 0 Å². The number of rotatable bonds is 2. The number of amides is 1. The van der Waals surface area contributed by atoms with E-state index in [1.807, 2.05) is 0 Å². The van der Waals surface area contributed by atoms with E-state index in [1.165, 1.54) is 14.2 Å². The monoisotopic (exact) mass is 187 g/mol. The average molecular weight is 187 g/mol. The van der Waals surface area contributed by atoms with E-state index in [9.17, 15) is 9.59 Å². The van der Waals surface area contributed by atoms with Gasteiger partial charge in [-0.15, -0.1) is 0 Å². The second kappa shape index (κ2) is 5.29. The van der Waals surface area contributed by atoms with E-state index in [1.54, 1.807) is 13.8 Å². The Kier molecular flexibility index (Phi) is 4.72. The van der Waals surface area contributed by atoms with Crippen molar-refractivity contribution in [2.75, 3.05) is 14.2 Å². The molecule has 0 fully saturated rings. The second-order valence-electron chi connectivity index (χ2n) is 2.47. The highest BCUT2D eigenvalue weighted by Gasteiger charge is 2.17. The van der Waals surface area contributed by atoms with Crippen LogP contribution in [0.2, 0.25) is 0 Å². The molecule has 0 saturated heterocycles. The van der Waals surface area contributed by atoms with Gasteiger partial charge in [0.15, 0.2) is 0 Å². The molecule has 1 atom stereocenters. The molecule has 0 radical (unpaired) electrons. The van der Waals surface area contributed by atoms with Crippen LogP contribution in [0.1, 0.15) is 13.8 Å². The lowest BCUT2D eigenvalue weighted by Crippen LogP contribution is -2.21. The average Bonchev–Trinajstić information content (AvgIpc) is 2.14. The molecule has 0 saturated carbocycles. The molecule has 1 amide bonds. The van der Waals surface area contributed by atoms with Gasteiger partial charge >= 0.3 is 12.1 Å². The molecule has 0 aliphatic rings. The lowest BCUT2D eigenvalue weighted by Gasteiger charge is -2.07. The first-order valence-corrected chi connectivity index (χ1v) is 3.73. The van der Waals surface area contributed by atoms with Crippen molar-refractivity contribution < 1.29 is 19.1 Å². The zero-order valence-corrected chi connectivity index (χ0v) is 8.16. The molecule has 1 unspecified atom stereocenters. The Hall–Kier alpha value is -1.39. The van der Waals surface area contributed by atoms with Gasteiger partial charge in [-0.05, 0) is 13.8 Å². The summed E-state index contributed by atoms with van der Waals surface area (Å²) in [6, 6.07) is 0. The minimum absolute atomic E-state index is 0.374. The fraction of sp³-hybridized carbons (Fsp3) is 0.625. The largest absolute Gasteiger partial charge is 0.469 e. The van der Waals surface area contributed by atoms with Gasteiger partial charge in [0.1, 0.15) is 0 Å². The summed E-state index contributed by atoms with van der Waals surface area (Å²) in [6.45, 7) is 3.17. The van der Waals surface area contributed by atoms with Crippen molar-refractivity contribution in [1.29, 1.82) is 0 Å². The highest BCUT2D eigenvalue weighted by molar-refractivity contribution is 6.04. The topological polar surface area (TPSA) is 65.0 Å². The van der Waals surface area contributed by atoms with Crippen molar-refractivity contribution in [1.82, 2.24) is 0 Å². The van der Waals surface area contributed by atoms with Gasteiger partial charge in [0.05, 0.1) is 20.1 Å². The number of esters is 1. The quantitative estimate of drug-likeness (QED) is 0.478. The first kappa shape index (κ1) is 11.6. The third-order valence-corrected chi connectivity index (χ3v) is 1.62. The molecule has 0 aliphatic heterocycles. The van der Waals surface area contributed by atoms with Crippen LogP contribution in [0.3, 0.4) is 0 Å². The smallest absolute Gasteiger partial charge is 0.433 e. The summed E-state index contributed by atoms with van der Waals surface area (Å²) in [5.41, 5.74) is 0.374. The number of ether oxygens (including phenoxy) is 2. The molecule has 0 aromatic carbocycles. The highest BCUT2D eigenvalue weighted by atomic mass is 16.5. The number of aliphatic imine (C=N–C) groups is 1. The van der Waals surface area contributed by atoms with Crippen molar-refractivity contribution in [3.8, 4) is 0 Å². The zero-order chi connectivity index (χ0) is 10.4. The van der Waals surface area contributed by atoms with Gasteiger partial charge in [-0.3, -0.25) is 4.79 Å². The molecular formula is C8H13NO4. The normalized spacial score (nSPS) is 13.4. The van der Waals surface area contributed by atoms with Gasteiger partial charge in [-0.25, -0.2) is 4.79 Å². The Bertz CT molecular complexity index is 234. The van der Waals surface area contributed by atoms with Crippen molar-refractivity contribution in [3.63, 3.8) is 0 Å². The van der Waals surface area contributed by atoms with Gasteiger partial charge in [0.25, 0.3) is 0 Å². The molecule has 0 spiro atoms. The maximum Gasteiger partial charge on any atom is 0.433 e. The molecule has 0 aromatic heterocycles. The Morgan fingerprint density at radius 2 is 1.77 bits per heavy atom. The molecule has 0 N–H and O–H groups in total. The van der Waals surface area contributed by atoms with Crippen LogP contribution in [0.5, 0.6) is 0 Å². The van der Waals surface area contributed by atoms with Crippen molar-refractivity contribution in [2.24, 2.45) is 10.9 Å². The highest BCUT2D eigenvalue weighted by Crippen LogP contribution is 2.01. The fourth-order valence-electron chi connectivity index (χ4n) is 0.634. The summed E-state index contributed by atoms with van der Waals surface area (Å²) >= 11 is 0. The van der Waals surface area contributed by atoms with Crippen LogP contribution in [0.25, 0.3) is 0 Å². The zero-order valence-electron chi connectivity index (χ0n) is 8.16. The molecule has 0 rings (SSSR count). The fourth-order valence-corrected chi connectivity index (χ4v) is 0.634. The molecule has 0 heterocycles. The molecule has 0 bridgehead atoms. The van der Waals surface area contributed by atoms with Gasteiger partial charge in [0, 0.05) is 5.71 Å². The standard InChI is InChI=1S/C8H13NO4/c1-5(7(10)12-3)6(2)9-8(11)13-4/h5H,1-4H3. The SMILES string of the molecule is COC(=O)N=C(C)C(C)C(=O)OC. The number of carbonyl (C=O) groups is 2. The Balaban J connectivity index is 4.40. The van der Waals surface area contributed by atoms with Gasteiger partial charge in [-0.1, -0.05) is 0 Å². The van der Waals surface area contributed by atoms with E-state index < -0.39 is 18.0 Å². The minimum atomic E-state index is -0.715. The number of methoxy groups -OCH3 is 2. The molecule has 0 aliphatic carbocycles. The van der Waals surface area contributed by atoms with Crippen LogP contribution in [-0.4, -0.2) is 32.0 Å². The maximum absolute atomic E-state index is 11.0. The van der Waals surface area contributed by atoms with Crippen LogP contribution >= 0.6 is 0 Å². The Labute approximate surface area is 76.7 Å². The van der Waals surface area contributed by atoms with E-state index in [2.05, 4.69) is 14.5 Å². The predicted molar refractivity (Wildman–Crippen MR) is 46.7 cm³/mol. The number of carbonyl (C=O) groups excluding carboxylic acids is 2. The molecule has 0 aromatic rings. The number of hydrogen-bond acceptors (Lipinski definition) is 4.